The van der Waals surface area contributed by atoms with Crippen molar-refractivity contribution in [1.82, 2.24) is 5.32 Å². The minimum Gasteiger partial charge on any atom is -0.748 e. The summed E-state index contributed by atoms with van der Waals surface area (Å²) in [4.78, 5) is 12.3. The molecule has 0 saturated carbocycles. The number of carbonyl (C=O) groups is 1. The topological polar surface area (TPSA) is 105 Å². The summed E-state index contributed by atoms with van der Waals surface area (Å²) in [5.41, 5.74) is 1.87. The van der Waals surface area contributed by atoms with E-state index in [9.17, 15) is 17.8 Å². The van der Waals surface area contributed by atoms with Crippen LogP contribution in [-0.4, -0.2) is 38.5 Å². The van der Waals surface area contributed by atoms with Crippen LogP contribution < -0.4 is 10.1 Å². The predicted molar refractivity (Wildman–Crippen MR) is 131 cm³/mol. The highest BCUT2D eigenvalue weighted by Crippen LogP contribution is 2.28. The lowest BCUT2D eigenvalue weighted by atomic mass is 9.99. The van der Waals surface area contributed by atoms with Crippen molar-refractivity contribution < 1.29 is 27.2 Å². The van der Waals surface area contributed by atoms with Gasteiger partial charge in [0.2, 0.25) is 0 Å². The molecular weight excluding hydrogens is 442 g/mol. The van der Waals surface area contributed by atoms with Gasteiger partial charge in [-0.2, -0.15) is 0 Å². The Morgan fingerprint density at radius 2 is 1.61 bits per heavy atom. The number of methoxy groups -OCH3 is 1. The van der Waals surface area contributed by atoms with Gasteiger partial charge in [-0.25, -0.2) is 13.2 Å². The Hall–Kier alpha value is -1.80. The molecule has 1 rings (SSSR count). The first-order valence-corrected chi connectivity index (χ1v) is 13.9. The van der Waals surface area contributed by atoms with E-state index < -0.39 is 28.1 Å². The lowest BCUT2D eigenvalue weighted by Crippen LogP contribution is -2.28. The van der Waals surface area contributed by atoms with Crippen molar-refractivity contribution in [2.24, 2.45) is 0 Å². The van der Waals surface area contributed by atoms with Crippen molar-refractivity contribution in [3.63, 3.8) is 0 Å². The number of benzene rings is 1. The van der Waals surface area contributed by atoms with Crippen molar-refractivity contribution in [2.45, 2.75) is 97.0 Å². The second-order valence-electron chi connectivity index (χ2n) is 8.64. The normalized spacial score (nSPS) is 12.4. The van der Waals surface area contributed by atoms with Gasteiger partial charge in [0, 0.05) is 12.3 Å². The summed E-state index contributed by atoms with van der Waals surface area (Å²) in [6, 6.07) is 5.75. The molecule has 8 heteroatoms. The third kappa shape index (κ3) is 14.1. The number of carbonyl (C=O) groups excluding carboxylic acids is 1. The van der Waals surface area contributed by atoms with Crippen LogP contribution >= 0.6 is 0 Å². The number of alkyl carbamates (subject to hydrolysis) is 1. The number of hydrogen-bond donors (Lipinski definition) is 1. The summed E-state index contributed by atoms with van der Waals surface area (Å²) in [5.74, 6) is 0.271. The zero-order chi connectivity index (χ0) is 24.5. The summed E-state index contributed by atoms with van der Waals surface area (Å²) < 4.78 is 43.0. The van der Waals surface area contributed by atoms with Crippen LogP contribution in [0.3, 0.4) is 0 Å². The maximum absolute atomic E-state index is 12.3. The van der Waals surface area contributed by atoms with Gasteiger partial charge in [-0.1, -0.05) is 70.8 Å². The molecule has 33 heavy (non-hydrogen) atoms. The SMILES string of the molecule is CCCCCCCCCCCCC(OC(=O)NCCCS(=O)(=O)[O-])c1ccc(OC)c(C)c1. The van der Waals surface area contributed by atoms with Crippen LogP contribution in [0.2, 0.25) is 0 Å². The predicted octanol–water partition coefficient (Wildman–Crippen LogP) is 6.02. The number of nitrogens with one attached hydrogen (secondary N) is 1. The van der Waals surface area contributed by atoms with Crippen molar-refractivity contribution in [3.05, 3.63) is 29.3 Å². The quantitative estimate of drug-likeness (QED) is 0.202. The molecule has 1 atom stereocenters. The Bertz CT molecular complexity index is 781. The molecule has 1 aromatic rings. The van der Waals surface area contributed by atoms with Gasteiger partial charge in [0.05, 0.1) is 17.2 Å². The van der Waals surface area contributed by atoms with Gasteiger partial charge in [0.25, 0.3) is 0 Å². The van der Waals surface area contributed by atoms with E-state index in [0.717, 1.165) is 29.7 Å². The third-order valence-electron chi connectivity index (χ3n) is 5.70. The molecule has 0 spiro atoms. The van der Waals surface area contributed by atoms with Gasteiger partial charge in [-0.05, 0) is 49.4 Å². The van der Waals surface area contributed by atoms with E-state index in [1.165, 1.54) is 51.4 Å². The van der Waals surface area contributed by atoms with Gasteiger partial charge in [0.15, 0.2) is 0 Å². The third-order valence-corrected chi connectivity index (χ3v) is 6.49. The fourth-order valence-corrected chi connectivity index (χ4v) is 4.32. The lowest BCUT2D eigenvalue weighted by Gasteiger charge is -2.20. The number of amides is 1. The van der Waals surface area contributed by atoms with Crippen LogP contribution in [0.15, 0.2) is 18.2 Å². The largest absolute Gasteiger partial charge is 0.748 e. The van der Waals surface area contributed by atoms with Gasteiger partial charge in [0.1, 0.15) is 11.9 Å². The number of unbranched alkanes of at least 4 members (excludes halogenated alkanes) is 9. The maximum Gasteiger partial charge on any atom is 0.407 e. The molecule has 0 radical (unpaired) electrons. The highest BCUT2D eigenvalue weighted by molar-refractivity contribution is 7.85. The average molecular weight is 485 g/mol. The molecule has 1 unspecified atom stereocenters. The number of aryl methyl sites for hydroxylation is 1. The molecule has 1 aromatic carbocycles. The van der Waals surface area contributed by atoms with E-state index in [1.54, 1.807) is 7.11 Å². The summed E-state index contributed by atoms with van der Waals surface area (Å²) in [6.07, 6.45) is 12.1. The average Bonchev–Trinajstić information content (AvgIpc) is 2.76. The first-order chi connectivity index (χ1) is 15.8. The van der Waals surface area contributed by atoms with Crippen molar-refractivity contribution >= 4 is 16.2 Å². The van der Waals surface area contributed by atoms with Crippen LogP contribution in [0.4, 0.5) is 4.79 Å². The fourth-order valence-electron chi connectivity index (χ4n) is 3.82. The van der Waals surface area contributed by atoms with E-state index in [1.807, 2.05) is 25.1 Å². The zero-order valence-corrected chi connectivity index (χ0v) is 21.4. The molecule has 1 amide bonds. The Morgan fingerprint density at radius 1 is 1.00 bits per heavy atom. The molecular formula is C25H42NO6S-. The van der Waals surface area contributed by atoms with Crippen LogP contribution in [0, 0.1) is 6.92 Å². The van der Waals surface area contributed by atoms with Gasteiger partial charge in [-0.15, -0.1) is 0 Å². The fraction of sp³-hybridized carbons (Fsp3) is 0.720. The monoisotopic (exact) mass is 484 g/mol. The van der Waals surface area contributed by atoms with Crippen LogP contribution in [-0.2, 0) is 14.9 Å². The van der Waals surface area contributed by atoms with E-state index >= 15 is 0 Å². The van der Waals surface area contributed by atoms with E-state index in [4.69, 9.17) is 9.47 Å². The Morgan fingerprint density at radius 3 is 2.15 bits per heavy atom. The molecule has 0 heterocycles. The standard InChI is InChI=1S/C25H43NO6S/c1-4-5-6-7-8-9-10-11-12-13-15-24(22-16-17-23(31-3)21(2)20-22)32-25(27)26-18-14-19-33(28,29)30/h16-17,20,24H,4-15,18-19H2,1-3H3,(H,26,27)(H,28,29,30)/p-1. The molecule has 0 fully saturated rings. The summed E-state index contributed by atoms with van der Waals surface area (Å²) in [5, 5.41) is 2.54. The number of ether oxygens (including phenoxy) is 2. The number of rotatable bonds is 18. The lowest BCUT2D eigenvalue weighted by molar-refractivity contribution is 0.0907. The molecule has 1 N–H and O–H groups in total. The van der Waals surface area contributed by atoms with Crippen LogP contribution in [0.5, 0.6) is 5.75 Å². The van der Waals surface area contributed by atoms with E-state index in [0.29, 0.717) is 6.42 Å². The van der Waals surface area contributed by atoms with Crippen LogP contribution in [0.25, 0.3) is 0 Å². The molecule has 7 nitrogen and oxygen atoms in total. The Kier molecular flexibility index (Phi) is 14.8. The zero-order valence-electron chi connectivity index (χ0n) is 20.6. The van der Waals surface area contributed by atoms with Crippen LogP contribution in [0.1, 0.15) is 101 Å². The van der Waals surface area contributed by atoms with E-state index in [-0.39, 0.29) is 13.0 Å². The summed E-state index contributed by atoms with van der Waals surface area (Å²) in [6.45, 7) is 4.26. The van der Waals surface area contributed by atoms with Crippen molar-refractivity contribution in [1.29, 1.82) is 0 Å². The second-order valence-corrected chi connectivity index (χ2v) is 10.2. The minimum absolute atomic E-state index is 0.0612. The molecule has 0 aliphatic carbocycles. The highest BCUT2D eigenvalue weighted by atomic mass is 32.2. The molecule has 0 aliphatic rings. The molecule has 0 aliphatic heterocycles. The smallest absolute Gasteiger partial charge is 0.407 e. The molecule has 0 bridgehead atoms. The molecule has 0 aromatic heterocycles. The first-order valence-electron chi connectivity index (χ1n) is 12.3. The summed E-state index contributed by atoms with van der Waals surface area (Å²) >= 11 is 0. The first kappa shape index (κ1) is 29.2. The maximum atomic E-state index is 12.3. The second kappa shape index (κ2) is 16.8. The Labute approximate surface area is 200 Å². The van der Waals surface area contributed by atoms with Crippen molar-refractivity contribution in [3.8, 4) is 5.75 Å². The van der Waals surface area contributed by atoms with Gasteiger partial charge >= 0.3 is 6.09 Å². The Balaban J connectivity index is 2.50. The van der Waals surface area contributed by atoms with E-state index in [2.05, 4.69) is 12.2 Å². The molecule has 0 saturated heterocycles. The van der Waals surface area contributed by atoms with Gasteiger partial charge in [-0.3, -0.25) is 0 Å². The van der Waals surface area contributed by atoms with Gasteiger partial charge < -0.3 is 19.3 Å². The molecule has 190 valence electrons. The number of hydrogen-bond acceptors (Lipinski definition) is 6. The van der Waals surface area contributed by atoms with Crippen molar-refractivity contribution in [2.75, 3.05) is 19.4 Å². The highest BCUT2D eigenvalue weighted by Gasteiger charge is 2.17. The minimum atomic E-state index is -4.28. The summed E-state index contributed by atoms with van der Waals surface area (Å²) in [7, 11) is -2.66.